The number of rotatable bonds is 6. The molecular weight excluding hydrogens is 342 g/mol. The van der Waals surface area contributed by atoms with Crippen molar-refractivity contribution in [3.63, 3.8) is 0 Å². The highest BCUT2D eigenvalue weighted by Gasteiger charge is 2.24. The Morgan fingerprint density at radius 3 is 3.00 bits per heavy atom. The highest BCUT2D eigenvalue weighted by atomic mass is 32.2. The lowest BCUT2D eigenvalue weighted by atomic mass is 10.0. The highest BCUT2D eigenvalue weighted by molar-refractivity contribution is 8.00. The van der Waals surface area contributed by atoms with E-state index in [1.807, 2.05) is 12.1 Å². The number of aryl methyl sites for hydroxylation is 1. The monoisotopic (exact) mass is 361 g/mol. The van der Waals surface area contributed by atoms with E-state index in [9.17, 15) is 4.79 Å². The molecule has 2 aromatic rings. The standard InChI is InChI=1S/C17H19N3O4S/c1-4-25-18-10-11-5-6-12-17(24-8-7-23-12)15(11)16-13(22-3)9-14(21)20(2)19-16/h4-6,9,18H,1,7-8,10H2,2-3H3. The van der Waals surface area contributed by atoms with Gasteiger partial charge < -0.3 is 14.2 Å². The van der Waals surface area contributed by atoms with Gasteiger partial charge in [0.1, 0.15) is 18.9 Å². The van der Waals surface area contributed by atoms with Crippen LogP contribution in [0.3, 0.4) is 0 Å². The first-order valence-electron chi connectivity index (χ1n) is 7.69. The Labute approximate surface area is 149 Å². The third-order valence-electron chi connectivity index (χ3n) is 3.74. The van der Waals surface area contributed by atoms with E-state index in [0.29, 0.717) is 42.7 Å². The molecule has 2 heterocycles. The average Bonchev–Trinajstić information content (AvgIpc) is 2.63. The summed E-state index contributed by atoms with van der Waals surface area (Å²) in [6, 6.07) is 5.24. The maximum absolute atomic E-state index is 11.9. The van der Waals surface area contributed by atoms with Gasteiger partial charge in [-0.3, -0.25) is 9.52 Å². The lowest BCUT2D eigenvalue weighted by molar-refractivity contribution is 0.172. The predicted molar refractivity (Wildman–Crippen MR) is 97.1 cm³/mol. The van der Waals surface area contributed by atoms with Crippen molar-refractivity contribution < 1.29 is 14.2 Å². The van der Waals surface area contributed by atoms with Gasteiger partial charge in [0.15, 0.2) is 17.2 Å². The molecule has 0 saturated heterocycles. The Kier molecular flexibility index (Phi) is 5.30. The second-order valence-electron chi connectivity index (χ2n) is 5.25. The molecule has 0 radical (unpaired) electrons. The predicted octanol–water partition coefficient (Wildman–Crippen LogP) is 2.11. The number of ether oxygens (including phenoxy) is 3. The van der Waals surface area contributed by atoms with E-state index in [1.54, 1.807) is 12.5 Å². The number of nitrogens with zero attached hydrogens (tertiary/aromatic N) is 2. The summed E-state index contributed by atoms with van der Waals surface area (Å²) in [5.74, 6) is 1.65. The molecule has 25 heavy (non-hydrogen) atoms. The van der Waals surface area contributed by atoms with Crippen LogP contribution in [0.5, 0.6) is 17.2 Å². The van der Waals surface area contributed by atoms with Crippen LogP contribution in [0.2, 0.25) is 0 Å². The topological polar surface area (TPSA) is 74.6 Å². The second-order valence-corrected chi connectivity index (χ2v) is 6.11. The summed E-state index contributed by atoms with van der Waals surface area (Å²) in [6.07, 6.45) is 0. The van der Waals surface area contributed by atoms with Crippen LogP contribution in [0.25, 0.3) is 11.3 Å². The molecule has 1 aromatic heterocycles. The van der Waals surface area contributed by atoms with Gasteiger partial charge in [-0.25, -0.2) is 4.68 Å². The van der Waals surface area contributed by atoms with E-state index in [-0.39, 0.29) is 5.56 Å². The third kappa shape index (κ3) is 3.49. The molecule has 0 saturated carbocycles. The van der Waals surface area contributed by atoms with Crippen LogP contribution in [0.4, 0.5) is 0 Å². The summed E-state index contributed by atoms with van der Waals surface area (Å²) < 4.78 is 21.4. The Morgan fingerprint density at radius 1 is 1.44 bits per heavy atom. The van der Waals surface area contributed by atoms with Gasteiger partial charge in [-0.15, -0.1) is 0 Å². The molecule has 0 atom stereocenters. The van der Waals surface area contributed by atoms with Crippen molar-refractivity contribution in [2.24, 2.45) is 7.05 Å². The smallest absolute Gasteiger partial charge is 0.270 e. The van der Waals surface area contributed by atoms with Gasteiger partial charge >= 0.3 is 0 Å². The average molecular weight is 361 g/mol. The Balaban J connectivity index is 2.20. The number of methoxy groups -OCH3 is 1. The normalized spacial score (nSPS) is 12.7. The Morgan fingerprint density at radius 2 is 2.24 bits per heavy atom. The van der Waals surface area contributed by atoms with Crippen LogP contribution in [-0.2, 0) is 13.6 Å². The molecule has 0 aliphatic carbocycles. The van der Waals surface area contributed by atoms with Gasteiger partial charge in [0, 0.05) is 19.7 Å². The molecule has 0 unspecified atom stereocenters. The largest absolute Gasteiger partial charge is 0.494 e. The SMILES string of the molecule is C=CSNCc1ccc2c(c1-c1nn(C)c(=O)cc1OC)OCCO2. The van der Waals surface area contributed by atoms with E-state index < -0.39 is 0 Å². The van der Waals surface area contributed by atoms with Gasteiger partial charge in [0.25, 0.3) is 5.56 Å². The molecule has 0 spiro atoms. The minimum absolute atomic E-state index is 0.246. The molecule has 0 fully saturated rings. The van der Waals surface area contributed by atoms with E-state index >= 15 is 0 Å². The fourth-order valence-corrected chi connectivity index (χ4v) is 2.95. The lowest BCUT2D eigenvalue weighted by Crippen LogP contribution is -2.21. The van der Waals surface area contributed by atoms with Gasteiger partial charge in [0.2, 0.25) is 0 Å². The van der Waals surface area contributed by atoms with Crippen molar-refractivity contribution in [1.29, 1.82) is 0 Å². The fraction of sp³-hybridized carbons (Fsp3) is 0.294. The van der Waals surface area contributed by atoms with Gasteiger partial charge in [-0.05, 0) is 17.0 Å². The fourth-order valence-electron chi connectivity index (χ4n) is 2.59. The molecule has 0 amide bonds. The van der Waals surface area contributed by atoms with Crippen molar-refractivity contribution in [3.05, 3.63) is 46.1 Å². The second kappa shape index (κ2) is 7.62. The van der Waals surface area contributed by atoms with Crippen molar-refractivity contribution in [3.8, 4) is 28.5 Å². The van der Waals surface area contributed by atoms with E-state index in [0.717, 1.165) is 11.1 Å². The lowest BCUT2D eigenvalue weighted by Gasteiger charge is -2.23. The number of hydrogen-bond donors (Lipinski definition) is 1. The molecule has 0 bridgehead atoms. The number of benzene rings is 1. The number of hydrogen-bond acceptors (Lipinski definition) is 7. The number of aromatic nitrogens is 2. The van der Waals surface area contributed by atoms with E-state index in [1.165, 1.54) is 29.8 Å². The zero-order chi connectivity index (χ0) is 17.8. The van der Waals surface area contributed by atoms with Gasteiger partial charge in [-0.2, -0.15) is 5.10 Å². The van der Waals surface area contributed by atoms with Crippen LogP contribution in [0.1, 0.15) is 5.56 Å². The molecule has 1 aliphatic heterocycles. The molecule has 8 heteroatoms. The minimum Gasteiger partial charge on any atom is -0.494 e. The Hall–Kier alpha value is -2.45. The molecule has 7 nitrogen and oxygen atoms in total. The third-order valence-corrected chi connectivity index (χ3v) is 4.22. The van der Waals surface area contributed by atoms with Crippen molar-refractivity contribution in [2.75, 3.05) is 20.3 Å². The summed E-state index contributed by atoms with van der Waals surface area (Å²) in [5, 5.41) is 6.11. The highest BCUT2D eigenvalue weighted by Crippen LogP contribution is 2.44. The van der Waals surface area contributed by atoms with Crippen LogP contribution in [0.15, 0.2) is 35.0 Å². The first kappa shape index (κ1) is 17.4. The molecule has 1 aliphatic rings. The van der Waals surface area contributed by atoms with Gasteiger partial charge in [0.05, 0.1) is 12.7 Å². The molecule has 132 valence electrons. The first-order chi connectivity index (χ1) is 12.2. The van der Waals surface area contributed by atoms with Gasteiger partial charge in [-0.1, -0.05) is 24.6 Å². The molecular formula is C17H19N3O4S. The van der Waals surface area contributed by atoms with Crippen molar-refractivity contribution in [2.45, 2.75) is 6.54 Å². The summed E-state index contributed by atoms with van der Waals surface area (Å²) in [6.45, 7) is 5.17. The number of fused-ring (bicyclic) bond motifs is 1. The zero-order valence-corrected chi connectivity index (χ0v) is 14.9. The first-order valence-corrected chi connectivity index (χ1v) is 8.57. The summed E-state index contributed by atoms with van der Waals surface area (Å²) in [4.78, 5) is 11.9. The maximum Gasteiger partial charge on any atom is 0.270 e. The van der Waals surface area contributed by atoms with Crippen LogP contribution in [0, 0.1) is 0 Å². The quantitative estimate of drug-likeness (QED) is 0.624. The van der Waals surface area contributed by atoms with Crippen molar-refractivity contribution >= 4 is 11.9 Å². The molecule has 3 rings (SSSR count). The maximum atomic E-state index is 11.9. The van der Waals surface area contributed by atoms with Crippen LogP contribution >= 0.6 is 11.9 Å². The van der Waals surface area contributed by atoms with E-state index in [4.69, 9.17) is 14.2 Å². The number of nitrogens with one attached hydrogen (secondary N) is 1. The summed E-state index contributed by atoms with van der Waals surface area (Å²) in [5.41, 5.74) is 1.99. The summed E-state index contributed by atoms with van der Waals surface area (Å²) in [7, 11) is 3.11. The summed E-state index contributed by atoms with van der Waals surface area (Å²) >= 11 is 1.39. The van der Waals surface area contributed by atoms with E-state index in [2.05, 4.69) is 16.4 Å². The van der Waals surface area contributed by atoms with Crippen LogP contribution in [-0.4, -0.2) is 30.1 Å². The Bertz CT molecular complexity index is 851. The molecule has 1 aromatic carbocycles. The van der Waals surface area contributed by atoms with Crippen molar-refractivity contribution in [1.82, 2.24) is 14.5 Å². The zero-order valence-electron chi connectivity index (χ0n) is 14.1. The molecule has 1 N–H and O–H groups in total. The minimum atomic E-state index is -0.246. The van der Waals surface area contributed by atoms with Crippen LogP contribution < -0.4 is 24.5 Å².